The molecule has 19 heavy (non-hydrogen) atoms. The molecular weight excluding hydrogens is 441 g/mol. The predicted octanol–water partition coefficient (Wildman–Crippen LogP) is 3.69. The second-order valence-corrected chi connectivity index (χ2v) is 7.75. The Kier molecular flexibility index (Phi) is 5.30. The molecule has 0 spiro atoms. The summed E-state index contributed by atoms with van der Waals surface area (Å²) in [5, 5.41) is 0.114. The van der Waals surface area contributed by atoms with Crippen LogP contribution in [0.15, 0.2) is 22.7 Å². The third kappa shape index (κ3) is 3.95. The summed E-state index contributed by atoms with van der Waals surface area (Å²) in [6.45, 7) is 2.27. The summed E-state index contributed by atoms with van der Waals surface area (Å²) in [5.74, 6) is 1.13. The van der Waals surface area contributed by atoms with E-state index in [1.807, 2.05) is 23.1 Å². The largest absolute Gasteiger partial charge is 0.311 e. The molecule has 0 aliphatic carbocycles. The third-order valence-corrected chi connectivity index (χ3v) is 5.38. The first-order chi connectivity index (χ1) is 8.97. The maximum Gasteiger partial charge on any atom is 0.227 e. The number of anilines is 1. The van der Waals surface area contributed by atoms with Crippen LogP contribution in [0.1, 0.15) is 13.3 Å². The lowest BCUT2D eigenvalue weighted by Gasteiger charge is -2.18. The second kappa shape index (κ2) is 6.58. The number of carbonyl (C=O) groups excluding carboxylic acids is 2. The summed E-state index contributed by atoms with van der Waals surface area (Å²) in [7, 11) is 0. The van der Waals surface area contributed by atoms with Gasteiger partial charge in [-0.15, -0.1) is 0 Å². The first-order valence-electron chi connectivity index (χ1n) is 5.86. The number of hydrogen-bond donors (Lipinski definition) is 0. The molecule has 0 saturated carbocycles. The van der Waals surface area contributed by atoms with Crippen LogP contribution in [-0.2, 0) is 9.59 Å². The lowest BCUT2D eigenvalue weighted by molar-refractivity contribution is -0.117. The van der Waals surface area contributed by atoms with Gasteiger partial charge in [0.2, 0.25) is 5.91 Å². The molecule has 0 N–H and O–H groups in total. The van der Waals surface area contributed by atoms with E-state index in [0.717, 1.165) is 19.5 Å². The monoisotopic (exact) mass is 453 g/mol. The first-order valence-corrected chi connectivity index (χ1v) is 8.72. The SMILES string of the molecule is CC(=O)SCC1CC(=O)N(c2cc(Br)ccc2I)C1. The number of amides is 1. The first kappa shape index (κ1) is 15.3. The van der Waals surface area contributed by atoms with Gasteiger partial charge in [-0.1, -0.05) is 27.7 Å². The summed E-state index contributed by atoms with van der Waals surface area (Å²) in [6, 6.07) is 5.93. The van der Waals surface area contributed by atoms with E-state index in [2.05, 4.69) is 38.5 Å². The molecule has 102 valence electrons. The highest BCUT2D eigenvalue weighted by Gasteiger charge is 2.31. The van der Waals surface area contributed by atoms with Gasteiger partial charge in [-0.3, -0.25) is 9.59 Å². The predicted molar refractivity (Wildman–Crippen MR) is 90.5 cm³/mol. The molecule has 3 nitrogen and oxygen atoms in total. The van der Waals surface area contributed by atoms with Gasteiger partial charge in [-0.25, -0.2) is 0 Å². The zero-order chi connectivity index (χ0) is 14.0. The molecule has 1 fully saturated rings. The normalized spacial score (nSPS) is 19.0. The van der Waals surface area contributed by atoms with Crippen LogP contribution in [0, 0.1) is 9.49 Å². The Morgan fingerprint density at radius 1 is 1.58 bits per heavy atom. The van der Waals surface area contributed by atoms with Gasteiger partial charge in [0, 0.05) is 33.7 Å². The van der Waals surface area contributed by atoms with E-state index < -0.39 is 0 Å². The van der Waals surface area contributed by atoms with E-state index in [1.165, 1.54) is 11.8 Å². The Morgan fingerprint density at radius 3 is 3.00 bits per heavy atom. The van der Waals surface area contributed by atoms with Crippen molar-refractivity contribution in [3.63, 3.8) is 0 Å². The highest BCUT2D eigenvalue weighted by Crippen LogP contribution is 2.32. The molecule has 0 bridgehead atoms. The van der Waals surface area contributed by atoms with Crippen LogP contribution in [0.2, 0.25) is 0 Å². The van der Waals surface area contributed by atoms with E-state index in [-0.39, 0.29) is 16.9 Å². The average Bonchev–Trinajstić information content (AvgIpc) is 2.71. The summed E-state index contributed by atoms with van der Waals surface area (Å²) in [4.78, 5) is 24.9. The van der Waals surface area contributed by atoms with E-state index >= 15 is 0 Å². The number of benzene rings is 1. The molecule has 1 saturated heterocycles. The van der Waals surface area contributed by atoms with Crippen LogP contribution >= 0.6 is 50.3 Å². The zero-order valence-corrected chi connectivity index (χ0v) is 14.9. The van der Waals surface area contributed by atoms with E-state index in [1.54, 1.807) is 6.92 Å². The van der Waals surface area contributed by atoms with E-state index in [9.17, 15) is 9.59 Å². The van der Waals surface area contributed by atoms with Crippen LogP contribution in [0.3, 0.4) is 0 Å². The average molecular weight is 454 g/mol. The number of halogens is 2. The molecule has 6 heteroatoms. The van der Waals surface area contributed by atoms with Gasteiger partial charge in [0.05, 0.1) is 5.69 Å². The Labute approximate surface area is 138 Å². The molecule has 0 aromatic heterocycles. The second-order valence-electron chi connectivity index (χ2n) is 4.47. The van der Waals surface area contributed by atoms with Gasteiger partial charge in [0.15, 0.2) is 5.12 Å². The van der Waals surface area contributed by atoms with Crippen LogP contribution in [0.4, 0.5) is 5.69 Å². The quantitative estimate of drug-likeness (QED) is 0.655. The van der Waals surface area contributed by atoms with Crippen molar-refractivity contribution in [2.24, 2.45) is 5.92 Å². The van der Waals surface area contributed by atoms with Crippen molar-refractivity contribution < 1.29 is 9.59 Å². The van der Waals surface area contributed by atoms with Gasteiger partial charge < -0.3 is 4.90 Å². The standard InChI is InChI=1S/C13H13BrINO2S/c1-8(17)19-7-9-4-13(18)16(6-9)12-5-10(14)2-3-11(12)15/h2-3,5,9H,4,6-7H2,1H3. The Hall–Kier alpha value is -0.0800. The smallest absolute Gasteiger partial charge is 0.227 e. The van der Waals surface area contributed by atoms with E-state index in [4.69, 9.17) is 0 Å². The van der Waals surface area contributed by atoms with Crippen LogP contribution in [0.25, 0.3) is 0 Å². The van der Waals surface area contributed by atoms with Crippen molar-refractivity contribution in [2.45, 2.75) is 13.3 Å². The fourth-order valence-electron chi connectivity index (χ4n) is 2.05. The molecule has 1 atom stereocenters. The summed E-state index contributed by atoms with van der Waals surface area (Å²) in [5.41, 5.74) is 0.954. The highest BCUT2D eigenvalue weighted by atomic mass is 127. The van der Waals surface area contributed by atoms with Crippen LogP contribution < -0.4 is 4.90 Å². The molecule has 1 unspecified atom stereocenters. The summed E-state index contributed by atoms with van der Waals surface area (Å²) < 4.78 is 2.03. The number of nitrogens with zero attached hydrogens (tertiary/aromatic N) is 1. The maximum absolute atomic E-state index is 12.1. The van der Waals surface area contributed by atoms with Crippen LogP contribution in [0.5, 0.6) is 0 Å². The zero-order valence-electron chi connectivity index (χ0n) is 10.4. The number of thioether (sulfide) groups is 1. The van der Waals surface area contributed by atoms with Crippen LogP contribution in [-0.4, -0.2) is 23.3 Å². The minimum atomic E-state index is 0.114. The molecule has 1 aliphatic heterocycles. The molecule has 0 radical (unpaired) electrons. The maximum atomic E-state index is 12.1. The lowest BCUT2D eigenvalue weighted by atomic mass is 10.1. The van der Waals surface area contributed by atoms with Gasteiger partial charge in [0.1, 0.15) is 0 Å². The van der Waals surface area contributed by atoms with Gasteiger partial charge >= 0.3 is 0 Å². The highest BCUT2D eigenvalue weighted by molar-refractivity contribution is 14.1. The van der Waals surface area contributed by atoms with E-state index in [0.29, 0.717) is 13.0 Å². The Bertz CT molecular complexity index is 523. The molecule has 1 heterocycles. The topological polar surface area (TPSA) is 37.4 Å². The van der Waals surface area contributed by atoms with Crippen molar-refractivity contribution >= 4 is 67.0 Å². The Balaban J connectivity index is 2.11. The molecule has 1 aromatic carbocycles. The van der Waals surface area contributed by atoms with Crippen molar-refractivity contribution in [3.8, 4) is 0 Å². The minimum absolute atomic E-state index is 0.114. The molecule has 2 rings (SSSR count). The molecule has 1 aliphatic rings. The number of hydrogen-bond acceptors (Lipinski definition) is 3. The van der Waals surface area contributed by atoms with Gasteiger partial charge in [0.25, 0.3) is 0 Å². The fourth-order valence-corrected chi connectivity index (χ4v) is 3.72. The summed E-state index contributed by atoms with van der Waals surface area (Å²) in [6.07, 6.45) is 0.531. The lowest BCUT2D eigenvalue weighted by Crippen LogP contribution is -2.25. The molecule has 1 amide bonds. The Morgan fingerprint density at radius 2 is 2.32 bits per heavy atom. The van der Waals surface area contributed by atoms with Gasteiger partial charge in [-0.2, -0.15) is 0 Å². The minimum Gasteiger partial charge on any atom is -0.311 e. The van der Waals surface area contributed by atoms with Crippen molar-refractivity contribution in [3.05, 3.63) is 26.2 Å². The molecule has 1 aromatic rings. The third-order valence-electron chi connectivity index (χ3n) is 2.93. The molecular formula is C13H13BrINO2S. The fraction of sp³-hybridized carbons (Fsp3) is 0.385. The summed E-state index contributed by atoms with van der Waals surface area (Å²) >= 11 is 6.99. The number of carbonyl (C=O) groups is 2. The van der Waals surface area contributed by atoms with Crippen molar-refractivity contribution in [2.75, 3.05) is 17.2 Å². The van der Waals surface area contributed by atoms with Crippen molar-refractivity contribution in [1.29, 1.82) is 0 Å². The van der Waals surface area contributed by atoms with Gasteiger partial charge in [-0.05, 0) is 46.7 Å². The number of rotatable bonds is 3. The van der Waals surface area contributed by atoms with Crippen molar-refractivity contribution in [1.82, 2.24) is 0 Å².